The fourth-order valence-corrected chi connectivity index (χ4v) is 3.48. The zero-order chi connectivity index (χ0) is 18.1. The molecule has 8 heteroatoms. The normalized spacial score (nSPS) is 11.4. The van der Waals surface area contributed by atoms with E-state index in [1.54, 1.807) is 33.0 Å². The summed E-state index contributed by atoms with van der Waals surface area (Å²) >= 11 is 0. The lowest BCUT2D eigenvalue weighted by Crippen LogP contribution is -2.18. The predicted molar refractivity (Wildman–Crippen MR) is 90.6 cm³/mol. The Morgan fingerprint density at radius 2 is 1.92 bits per heavy atom. The van der Waals surface area contributed by atoms with Crippen LogP contribution in [0.2, 0.25) is 0 Å². The summed E-state index contributed by atoms with van der Waals surface area (Å²) in [5.74, 6) is -0.523. The summed E-state index contributed by atoms with van der Waals surface area (Å²) in [4.78, 5) is 12.2. The SMILES string of the molecule is CCOC(=O)c1c(C)nn(C)c1NS(=O)(=O)c1ccc(C)c(C)c1. The standard InChI is InChI=1S/C16H21N3O4S/c1-6-23-16(20)14-12(4)17-19(5)15(14)18-24(21,22)13-8-7-10(2)11(3)9-13/h7-9,18H,6H2,1-5H3. The minimum absolute atomic E-state index is 0.0872. The van der Waals surface area contributed by atoms with Crippen molar-refractivity contribution in [2.24, 2.45) is 7.05 Å². The van der Waals surface area contributed by atoms with Gasteiger partial charge in [-0.25, -0.2) is 13.2 Å². The summed E-state index contributed by atoms with van der Waals surface area (Å²) in [6.45, 7) is 7.24. The highest BCUT2D eigenvalue weighted by molar-refractivity contribution is 7.92. The summed E-state index contributed by atoms with van der Waals surface area (Å²) in [5, 5.41) is 4.11. The van der Waals surface area contributed by atoms with Gasteiger partial charge in [0, 0.05) is 7.05 Å². The average molecular weight is 351 g/mol. The van der Waals surface area contributed by atoms with E-state index in [2.05, 4.69) is 9.82 Å². The zero-order valence-electron chi connectivity index (χ0n) is 14.4. The first kappa shape index (κ1) is 18.0. The lowest BCUT2D eigenvalue weighted by Gasteiger charge is -2.11. The number of esters is 1. The van der Waals surface area contributed by atoms with E-state index in [1.165, 1.54) is 10.7 Å². The Labute approximate surface area is 141 Å². The van der Waals surface area contributed by atoms with Gasteiger partial charge < -0.3 is 4.74 Å². The number of benzene rings is 1. The Hall–Kier alpha value is -2.35. The van der Waals surface area contributed by atoms with Gasteiger partial charge in [-0.05, 0) is 51.0 Å². The maximum Gasteiger partial charge on any atom is 0.343 e. The number of ether oxygens (including phenoxy) is 1. The van der Waals surface area contributed by atoms with E-state index >= 15 is 0 Å². The molecule has 2 aromatic rings. The molecule has 130 valence electrons. The smallest absolute Gasteiger partial charge is 0.343 e. The third-order valence-electron chi connectivity index (χ3n) is 3.72. The van der Waals surface area contributed by atoms with Crippen molar-refractivity contribution < 1.29 is 17.9 Å². The average Bonchev–Trinajstić information content (AvgIpc) is 2.75. The van der Waals surface area contributed by atoms with E-state index in [0.717, 1.165) is 11.1 Å². The molecule has 1 heterocycles. The Morgan fingerprint density at radius 1 is 1.25 bits per heavy atom. The quantitative estimate of drug-likeness (QED) is 0.835. The van der Waals surface area contributed by atoms with Crippen LogP contribution in [0, 0.1) is 20.8 Å². The highest BCUT2D eigenvalue weighted by Gasteiger charge is 2.26. The van der Waals surface area contributed by atoms with E-state index in [0.29, 0.717) is 5.69 Å². The molecular formula is C16H21N3O4S. The van der Waals surface area contributed by atoms with E-state index in [-0.39, 0.29) is 22.9 Å². The van der Waals surface area contributed by atoms with Crippen LogP contribution in [0.15, 0.2) is 23.1 Å². The molecule has 24 heavy (non-hydrogen) atoms. The molecule has 0 fully saturated rings. The highest BCUT2D eigenvalue weighted by Crippen LogP contribution is 2.24. The molecule has 0 bridgehead atoms. The highest BCUT2D eigenvalue weighted by atomic mass is 32.2. The molecule has 0 aliphatic heterocycles. The monoisotopic (exact) mass is 351 g/mol. The molecule has 0 radical (unpaired) electrons. The summed E-state index contributed by atoms with van der Waals surface area (Å²) < 4.78 is 34.1. The van der Waals surface area contributed by atoms with Crippen molar-refractivity contribution in [1.82, 2.24) is 9.78 Å². The molecule has 1 aromatic carbocycles. The van der Waals surface area contributed by atoms with Gasteiger partial charge in [0.25, 0.3) is 10.0 Å². The number of hydrogen-bond donors (Lipinski definition) is 1. The summed E-state index contributed by atoms with van der Waals surface area (Å²) in [6.07, 6.45) is 0. The number of nitrogens with one attached hydrogen (secondary N) is 1. The van der Waals surface area contributed by atoms with Crippen LogP contribution in [0.3, 0.4) is 0 Å². The molecule has 0 atom stereocenters. The Kier molecular flexibility index (Phi) is 4.98. The van der Waals surface area contributed by atoms with Gasteiger partial charge in [0.15, 0.2) is 5.82 Å². The number of carbonyl (C=O) groups is 1. The van der Waals surface area contributed by atoms with Crippen LogP contribution < -0.4 is 4.72 Å². The van der Waals surface area contributed by atoms with Gasteiger partial charge in [-0.1, -0.05) is 6.07 Å². The third-order valence-corrected chi connectivity index (χ3v) is 5.06. The second-order valence-electron chi connectivity index (χ2n) is 5.50. The number of carbonyl (C=O) groups excluding carboxylic acids is 1. The van der Waals surface area contributed by atoms with Crippen LogP contribution >= 0.6 is 0 Å². The van der Waals surface area contributed by atoms with E-state index < -0.39 is 16.0 Å². The zero-order valence-corrected chi connectivity index (χ0v) is 15.2. The first-order valence-corrected chi connectivity index (χ1v) is 8.96. The summed E-state index contributed by atoms with van der Waals surface area (Å²) in [5.41, 5.74) is 2.38. The number of aromatic nitrogens is 2. The van der Waals surface area contributed by atoms with E-state index in [1.807, 2.05) is 13.8 Å². The fraction of sp³-hybridized carbons (Fsp3) is 0.375. The number of rotatable bonds is 5. The van der Waals surface area contributed by atoms with Crippen LogP contribution in [0.4, 0.5) is 5.82 Å². The van der Waals surface area contributed by atoms with Gasteiger partial charge in [0.2, 0.25) is 0 Å². The van der Waals surface area contributed by atoms with Crippen molar-refractivity contribution in [3.63, 3.8) is 0 Å². The third kappa shape index (κ3) is 3.43. The maximum absolute atomic E-state index is 12.7. The molecule has 0 saturated carbocycles. The van der Waals surface area contributed by atoms with Crippen LogP contribution in [0.1, 0.15) is 34.1 Å². The van der Waals surface area contributed by atoms with Crippen LogP contribution in [-0.4, -0.2) is 30.8 Å². The molecular weight excluding hydrogens is 330 g/mol. The first-order valence-electron chi connectivity index (χ1n) is 7.48. The van der Waals surface area contributed by atoms with Gasteiger partial charge in [-0.2, -0.15) is 5.10 Å². The summed E-state index contributed by atoms with van der Waals surface area (Å²) in [6, 6.07) is 4.85. The van der Waals surface area contributed by atoms with Crippen molar-refractivity contribution in [3.8, 4) is 0 Å². The van der Waals surface area contributed by atoms with Crippen molar-refractivity contribution in [3.05, 3.63) is 40.6 Å². The lowest BCUT2D eigenvalue weighted by atomic mass is 10.1. The number of nitrogens with zero attached hydrogens (tertiary/aromatic N) is 2. The maximum atomic E-state index is 12.7. The molecule has 1 aromatic heterocycles. The van der Waals surface area contributed by atoms with Gasteiger partial charge in [-0.3, -0.25) is 9.40 Å². The minimum atomic E-state index is -3.85. The molecule has 0 aliphatic carbocycles. The lowest BCUT2D eigenvalue weighted by molar-refractivity contribution is 0.0526. The fourth-order valence-electron chi connectivity index (χ4n) is 2.29. The van der Waals surface area contributed by atoms with E-state index in [4.69, 9.17) is 4.74 Å². The second kappa shape index (κ2) is 6.64. The minimum Gasteiger partial charge on any atom is -0.462 e. The molecule has 2 rings (SSSR count). The van der Waals surface area contributed by atoms with Crippen molar-refractivity contribution >= 4 is 21.8 Å². The van der Waals surface area contributed by atoms with Crippen molar-refractivity contribution in [2.45, 2.75) is 32.6 Å². The molecule has 0 saturated heterocycles. The van der Waals surface area contributed by atoms with Crippen LogP contribution in [0.5, 0.6) is 0 Å². The Balaban J connectivity index is 2.46. The van der Waals surface area contributed by atoms with Gasteiger partial charge in [0.05, 0.1) is 17.2 Å². The van der Waals surface area contributed by atoms with Gasteiger partial charge in [0.1, 0.15) is 5.56 Å². The Morgan fingerprint density at radius 3 is 2.50 bits per heavy atom. The summed E-state index contributed by atoms with van der Waals surface area (Å²) in [7, 11) is -2.29. The van der Waals surface area contributed by atoms with Gasteiger partial charge in [-0.15, -0.1) is 0 Å². The van der Waals surface area contributed by atoms with Crippen molar-refractivity contribution in [2.75, 3.05) is 11.3 Å². The molecule has 0 unspecified atom stereocenters. The molecule has 0 amide bonds. The number of aryl methyl sites for hydroxylation is 4. The molecule has 1 N–H and O–H groups in total. The number of hydrogen-bond acceptors (Lipinski definition) is 5. The largest absolute Gasteiger partial charge is 0.462 e. The first-order chi connectivity index (χ1) is 11.2. The van der Waals surface area contributed by atoms with E-state index in [9.17, 15) is 13.2 Å². The van der Waals surface area contributed by atoms with Crippen molar-refractivity contribution in [1.29, 1.82) is 0 Å². The molecule has 0 aliphatic rings. The van der Waals surface area contributed by atoms with Crippen LogP contribution in [-0.2, 0) is 21.8 Å². The molecule has 0 spiro atoms. The van der Waals surface area contributed by atoms with Crippen LogP contribution in [0.25, 0.3) is 0 Å². The van der Waals surface area contributed by atoms with Gasteiger partial charge >= 0.3 is 5.97 Å². The molecule has 7 nitrogen and oxygen atoms in total. The Bertz CT molecular complexity index is 885. The number of sulfonamides is 1. The second-order valence-corrected chi connectivity index (χ2v) is 7.19. The topological polar surface area (TPSA) is 90.3 Å². The number of anilines is 1. The predicted octanol–water partition coefficient (Wildman–Crippen LogP) is 2.32.